The molecule has 176 valence electrons. The summed E-state index contributed by atoms with van der Waals surface area (Å²) in [5.74, 6) is 0.263. The van der Waals surface area contributed by atoms with Gasteiger partial charge in [-0.05, 0) is 60.9 Å². The molecule has 3 rings (SSSR count). The van der Waals surface area contributed by atoms with E-state index in [4.69, 9.17) is 4.74 Å². The molecule has 0 saturated heterocycles. The lowest BCUT2D eigenvalue weighted by atomic mass is 9.90. The van der Waals surface area contributed by atoms with Crippen molar-refractivity contribution in [1.82, 2.24) is 9.55 Å². The number of anilines is 1. The molecule has 1 N–H and O–H groups in total. The number of hydrogen-bond donors (Lipinski definition) is 1. The number of rotatable bonds is 9. The van der Waals surface area contributed by atoms with Crippen molar-refractivity contribution in [2.75, 3.05) is 11.9 Å². The van der Waals surface area contributed by atoms with Crippen LogP contribution in [0.2, 0.25) is 25.7 Å². The minimum Gasteiger partial charge on any atom is -0.361 e. The lowest BCUT2D eigenvalue weighted by Crippen LogP contribution is -2.23. The first-order valence-electron chi connectivity index (χ1n) is 11.9. The molecule has 1 aromatic heterocycles. The van der Waals surface area contributed by atoms with Gasteiger partial charge in [0.2, 0.25) is 5.82 Å². The molecule has 1 aromatic carbocycles. The fraction of sp³-hybridized carbons (Fsp3) is 0.500. The van der Waals surface area contributed by atoms with Crippen LogP contribution in [0.25, 0.3) is 5.57 Å². The zero-order chi connectivity index (χ0) is 24.0. The van der Waals surface area contributed by atoms with Gasteiger partial charge in [0.1, 0.15) is 12.8 Å². The van der Waals surface area contributed by atoms with Gasteiger partial charge in [-0.3, -0.25) is 4.79 Å². The predicted octanol–water partition coefficient (Wildman–Crippen LogP) is 6.40. The van der Waals surface area contributed by atoms with Crippen LogP contribution in [0.1, 0.15) is 72.9 Å². The molecule has 0 spiro atoms. The summed E-state index contributed by atoms with van der Waals surface area (Å²) in [6.07, 6.45) is 8.33. The number of carbonyl (C=O) groups excluding carboxylic acids is 1. The number of imidazole rings is 1. The average Bonchev–Trinajstić information content (AvgIpc) is 3.20. The Hall–Kier alpha value is -2.69. The van der Waals surface area contributed by atoms with E-state index in [1.54, 1.807) is 10.8 Å². The zero-order valence-electron chi connectivity index (χ0n) is 20.6. The summed E-state index contributed by atoms with van der Waals surface area (Å²) >= 11 is 0. The molecule has 0 saturated carbocycles. The second-order valence-corrected chi connectivity index (χ2v) is 15.9. The van der Waals surface area contributed by atoms with Crippen LogP contribution >= 0.6 is 0 Å². The van der Waals surface area contributed by atoms with Gasteiger partial charge in [0.25, 0.3) is 5.91 Å². The Balaban J connectivity index is 1.83. The molecule has 0 radical (unpaired) electrons. The fourth-order valence-electron chi connectivity index (χ4n) is 3.85. The van der Waals surface area contributed by atoms with Crippen molar-refractivity contribution in [1.29, 1.82) is 5.26 Å². The number of nitrogens with one attached hydrogen (secondary N) is 1. The standard InChI is InChI=1S/C26H36N4O2Si/c1-19(2)21-11-12-24(23(15-21)20-9-7-6-8-10-20)29-26(31)25-28-22(16-27)17-30(25)18-32-13-14-33(3,4)5/h9,11-12,15,17,19H,6-8,10,13-14,18H2,1-5H3,(H,29,31). The largest absolute Gasteiger partial charge is 0.361 e. The van der Waals surface area contributed by atoms with Gasteiger partial charge < -0.3 is 14.6 Å². The molecule has 2 aromatic rings. The van der Waals surface area contributed by atoms with Crippen LogP contribution in [0.5, 0.6) is 0 Å². The normalized spacial score (nSPS) is 14.2. The molecule has 0 bridgehead atoms. The summed E-state index contributed by atoms with van der Waals surface area (Å²) in [6.45, 7) is 12.1. The van der Waals surface area contributed by atoms with Crippen molar-refractivity contribution in [2.24, 2.45) is 0 Å². The number of hydrogen-bond acceptors (Lipinski definition) is 4. The number of nitrogens with zero attached hydrogens (tertiary/aromatic N) is 3. The van der Waals surface area contributed by atoms with Crippen LogP contribution in [0.4, 0.5) is 5.69 Å². The zero-order valence-corrected chi connectivity index (χ0v) is 21.6. The van der Waals surface area contributed by atoms with Gasteiger partial charge >= 0.3 is 0 Å². The van der Waals surface area contributed by atoms with Crippen LogP contribution < -0.4 is 5.32 Å². The van der Waals surface area contributed by atoms with E-state index in [2.05, 4.69) is 62.0 Å². The van der Waals surface area contributed by atoms with Crippen molar-refractivity contribution < 1.29 is 9.53 Å². The molecule has 0 aliphatic heterocycles. The fourth-order valence-corrected chi connectivity index (χ4v) is 4.60. The molecular weight excluding hydrogens is 428 g/mol. The van der Waals surface area contributed by atoms with Crippen molar-refractivity contribution in [2.45, 2.75) is 77.9 Å². The maximum Gasteiger partial charge on any atom is 0.291 e. The molecule has 7 heteroatoms. The lowest BCUT2D eigenvalue weighted by Gasteiger charge is -2.19. The first kappa shape index (κ1) is 24.9. The van der Waals surface area contributed by atoms with Gasteiger partial charge in [0.05, 0.1) is 0 Å². The Labute approximate surface area is 198 Å². The Kier molecular flexibility index (Phi) is 8.28. The minimum absolute atomic E-state index is 0.191. The summed E-state index contributed by atoms with van der Waals surface area (Å²) in [5, 5.41) is 12.4. The Bertz CT molecular complexity index is 1060. The Morgan fingerprint density at radius 2 is 2.09 bits per heavy atom. The molecule has 33 heavy (non-hydrogen) atoms. The SMILES string of the molecule is CC(C)c1ccc(NC(=O)c2nc(C#N)cn2COCC[Si](C)(C)C)c(C2=CCCCC2)c1. The quantitative estimate of drug-likeness (QED) is 0.344. The Morgan fingerprint density at radius 3 is 2.73 bits per heavy atom. The van der Waals surface area contributed by atoms with Crippen LogP contribution in [0.15, 0.2) is 30.5 Å². The molecule has 1 amide bonds. The van der Waals surface area contributed by atoms with E-state index >= 15 is 0 Å². The van der Waals surface area contributed by atoms with E-state index in [9.17, 15) is 10.1 Å². The molecule has 0 atom stereocenters. The van der Waals surface area contributed by atoms with Crippen molar-refractivity contribution >= 4 is 25.2 Å². The van der Waals surface area contributed by atoms with Crippen LogP contribution in [0, 0.1) is 11.3 Å². The third-order valence-electron chi connectivity index (χ3n) is 5.92. The first-order valence-corrected chi connectivity index (χ1v) is 15.6. The number of ether oxygens (including phenoxy) is 1. The third-order valence-corrected chi connectivity index (χ3v) is 7.62. The summed E-state index contributed by atoms with van der Waals surface area (Å²) in [7, 11) is -1.21. The van der Waals surface area contributed by atoms with Gasteiger partial charge in [0, 0.05) is 32.1 Å². The second-order valence-electron chi connectivity index (χ2n) is 10.3. The smallest absolute Gasteiger partial charge is 0.291 e. The summed E-state index contributed by atoms with van der Waals surface area (Å²) in [5.41, 5.74) is 4.61. The van der Waals surface area contributed by atoms with Crippen molar-refractivity contribution in [3.8, 4) is 6.07 Å². The van der Waals surface area contributed by atoms with Crippen LogP contribution in [-0.4, -0.2) is 30.1 Å². The number of allylic oxidation sites excluding steroid dienone is 2. The van der Waals surface area contributed by atoms with Crippen LogP contribution in [-0.2, 0) is 11.5 Å². The van der Waals surface area contributed by atoms with E-state index in [0.717, 1.165) is 36.6 Å². The highest BCUT2D eigenvalue weighted by Crippen LogP contribution is 2.34. The van der Waals surface area contributed by atoms with Gasteiger partial charge in [0.15, 0.2) is 5.69 Å². The molecule has 1 aliphatic rings. The van der Waals surface area contributed by atoms with E-state index < -0.39 is 8.07 Å². The number of amides is 1. The molecular formula is C26H36N4O2Si. The van der Waals surface area contributed by atoms with Crippen molar-refractivity contribution in [3.63, 3.8) is 0 Å². The number of nitriles is 1. The van der Waals surface area contributed by atoms with Crippen LogP contribution in [0.3, 0.4) is 0 Å². The first-order chi connectivity index (χ1) is 15.7. The van der Waals surface area contributed by atoms with Gasteiger partial charge in [-0.2, -0.15) is 5.26 Å². The predicted molar refractivity (Wildman–Crippen MR) is 136 cm³/mol. The summed E-state index contributed by atoms with van der Waals surface area (Å²) in [4.78, 5) is 17.5. The highest BCUT2D eigenvalue weighted by atomic mass is 28.3. The Morgan fingerprint density at radius 1 is 1.30 bits per heavy atom. The molecule has 0 fully saturated rings. The van der Waals surface area contributed by atoms with Crippen molar-refractivity contribution in [3.05, 3.63) is 53.1 Å². The lowest BCUT2D eigenvalue weighted by molar-refractivity contribution is 0.0808. The second kappa shape index (κ2) is 11.0. The highest BCUT2D eigenvalue weighted by molar-refractivity contribution is 6.76. The van der Waals surface area contributed by atoms with Gasteiger partial charge in [-0.25, -0.2) is 4.98 Å². The third kappa shape index (κ3) is 6.89. The van der Waals surface area contributed by atoms with E-state index in [1.165, 1.54) is 17.6 Å². The summed E-state index contributed by atoms with van der Waals surface area (Å²) < 4.78 is 7.44. The molecule has 6 nitrogen and oxygen atoms in total. The van der Waals surface area contributed by atoms with Gasteiger partial charge in [-0.15, -0.1) is 0 Å². The maximum absolute atomic E-state index is 13.2. The van der Waals surface area contributed by atoms with E-state index in [1.807, 2.05) is 12.1 Å². The average molecular weight is 465 g/mol. The molecule has 1 heterocycles. The summed E-state index contributed by atoms with van der Waals surface area (Å²) in [6, 6.07) is 9.33. The van der Waals surface area contributed by atoms with E-state index in [0.29, 0.717) is 12.5 Å². The maximum atomic E-state index is 13.2. The molecule has 1 aliphatic carbocycles. The van der Waals surface area contributed by atoms with E-state index in [-0.39, 0.29) is 24.2 Å². The monoisotopic (exact) mass is 464 g/mol. The topological polar surface area (TPSA) is 79.9 Å². The number of aromatic nitrogens is 2. The van der Waals surface area contributed by atoms with Gasteiger partial charge in [-0.1, -0.05) is 45.6 Å². The highest BCUT2D eigenvalue weighted by Gasteiger charge is 2.20. The molecule has 0 unspecified atom stereocenters. The minimum atomic E-state index is -1.21. The number of benzene rings is 1. The number of carbonyl (C=O) groups is 1.